The van der Waals surface area contributed by atoms with Crippen molar-refractivity contribution < 1.29 is 14.3 Å². The molecule has 0 radical (unpaired) electrons. The maximum Gasteiger partial charge on any atom is 0.225 e. The number of nitrogens with one attached hydrogen (secondary N) is 2. The Morgan fingerprint density at radius 2 is 2.16 bits per heavy atom. The first-order valence-electron chi connectivity index (χ1n) is 6.36. The van der Waals surface area contributed by atoms with Crippen molar-refractivity contribution >= 4 is 11.8 Å². The number of carbonyl (C=O) groups is 2. The molecule has 1 heterocycles. The standard InChI is InChI=1S/C14H18N2O3/c1-19-12-4-2-10(3-5-12)6-7-15-14(18)11-8-13(17)16-9-11/h2-5,11H,6-9H2,1H3,(H,15,18)(H,16,17). The lowest BCUT2D eigenvalue weighted by Crippen LogP contribution is -2.33. The molecule has 102 valence electrons. The molecule has 0 bridgehead atoms. The van der Waals surface area contributed by atoms with Gasteiger partial charge in [-0.2, -0.15) is 0 Å². The first-order valence-corrected chi connectivity index (χ1v) is 6.36. The van der Waals surface area contributed by atoms with Crippen molar-refractivity contribution in [2.75, 3.05) is 20.2 Å². The average molecular weight is 262 g/mol. The van der Waals surface area contributed by atoms with Crippen LogP contribution in [0.3, 0.4) is 0 Å². The van der Waals surface area contributed by atoms with Gasteiger partial charge in [-0.3, -0.25) is 9.59 Å². The van der Waals surface area contributed by atoms with E-state index in [1.807, 2.05) is 24.3 Å². The number of amides is 2. The fourth-order valence-electron chi connectivity index (χ4n) is 2.06. The Labute approximate surface area is 112 Å². The van der Waals surface area contributed by atoms with Crippen molar-refractivity contribution in [2.24, 2.45) is 5.92 Å². The van der Waals surface area contributed by atoms with Gasteiger partial charge >= 0.3 is 0 Å². The van der Waals surface area contributed by atoms with Gasteiger partial charge < -0.3 is 15.4 Å². The van der Waals surface area contributed by atoms with Crippen LogP contribution in [0.15, 0.2) is 24.3 Å². The van der Waals surface area contributed by atoms with E-state index in [4.69, 9.17) is 4.74 Å². The number of hydrogen-bond donors (Lipinski definition) is 2. The second-order valence-electron chi connectivity index (χ2n) is 4.59. The fraction of sp³-hybridized carbons (Fsp3) is 0.429. The molecule has 2 rings (SSSR count). The van der Waals surface area contributed by atoms with Crippen molar-refractivity contribution in [1.82, 2.24) is 10.6 Å². The monoisotopic (exact) mass is 262 g/mol. The molecule has 5 heteroatoms. The van der Waals surface area contributed by atoms with E-state index >= 15 is 0 Å². The van der Waals surface area contributed by atoms with Gasteiger partial charge in [-0.05, 0) is 24.1 Å². The van der Waals surface area contributed by atoms with Crippen LogP contribution in [-0.4, -0.2) is 32.0 Å². The molecule has 19 heavy (non-hydrogen) atoms. The van der Waals surface area contributed by atoms with Gasteiger partial charge in [-0.15, -0.1) is 0 Å². The number of ether oxygens (including phenoxy) is 1. The minimum atomic E-state index is -0.219. The molecule has 1 unspecified atom stereocenters. The zero-order chi connectivity index (χ0) is 13.7. The minimum absolute atomic E-state index is 0.0460. The molecule has 0 aromatic heterocycles. The normalized spacial score (nSPS) is 17.9. The highest BCUT2D eigenvalue weighted by molar-refractivity contribution is 5.89. The highest BCUT2D eigenvalue weighted by Gasteiger charge is 2.27. The Kier molecular flexibility index (Phi) is 4.39. The Morgan fingerprint density at radius 1 is 1.42 bits per heavy atom. The van der Waals surface area contributed by atoms with E-state index in [9.17, 15) is 9.59 Å². The first-order chi connectivity index (χ1) is 9.19. The van der Waals surface area contributed by atoms with Gasteiger partial charge in [0, 0.05) is 19.5 Å². The molecule has 0 aliphatic carbocycles. The van der Waals surface area contributed by atoms with E-state index in [2.05, 4.69) is 10.6 Å². The van der Waals surface area contributed by atoms with Gasteiger partial charge in [-0.1, -0.05) is 12.1 Å². The maximum atomic E-state index is 11.8. The number of rotatable bonds is 5. The maximum absolute atomic E-state index is 11.8. The van der Waals surface area contributed by atoms with E-state index < -0.39 is 0 Å². The van der Waals surface area contributed by atoms with Gasteiger partial charge in [0.1, 0.15) is 5.75 Å². The van der Waals surface area contributed by atoms with Crippen LogP contribution in [0, 0.1) is 5.92 Å². The molecule has 5 nitrogen and oxygen atoms in total. The number of methoxy groups -OCH3 is 1. The molecular weight excluding hydrogens is 244 g/mol. The van der Waals surface area contributed by atoms with Crippen molar-refractivity contribution in [3.05, 3.63) is 29.8 Å². The van der Waals surface area contributed by atoms with E-state index in [0.29, 0.717) is 19.5 Å². The smallest absolute Gasteiger partial charge is 0.225 e. The summed E-state index contributed by atoms with van der Waals surface area (Å²) in [5.41, 5.74) is 1.14. The Balaban J connectivity index is 1.73. The van der Waals surface area contributed by atoms with Crippen molar-refractivity contribution in [2.45, 2.75) is 12.8 Å². The van der Waals surface area contributed by atoms with Crippen LogP contribution < -0.4 is 15.4 Å². The van der Waals surface area contributed by atoms with Crippen molar-refractivity contribution in [3.63, 3.8) is 0 Å². The molecule has 1 saturated heterocycles. The highest BCUT2D eigenvalue weighted by Crippen LogP contribution is 2.12. The first kappa shape index (κ1) is 13.4. The van der Waals surface area contributed by atoms with Crippen LogP contribution in [0.25, 0.3) is 0 Å². The SMILES string of the molecule is COc1ccc(CCNC(=O)C2CNC(=O)C2)cc1. The molecule has 1 aliphatic heterocycles. The number of carbonyl (C=O) groups excluding carboxylic acids is 2. The third kappa shape index (κ3) is 3.71. The van der Waals surface area contributed by atoms with E-state index in [0.717, 1.165) is 17.7 Å². The Hall–Kier alpha value is -2.04. The van der Waals surface area contributed by atoms with Crippen LogP contribution >= 0.6 is 0 Å². The van der Waals surface area contributed by atoms with E-state index in [-0.39, 0.29) is 17.7 Å². The summed E-state index contributed by atoms with van der Waals surface area (Å²) in [5, 5.41) is 5.52. The molecule has 1 aliphatic rings. The van der Waals surface area contributed by atoms with E-state index in [1.54, 1.807) is 7.11 Å². The minimum Gasteiger partial charge on any atom is -0.497 e. The van der Waals surface area contributed by atoms with Gasteiger partial charge in [-0.25, -0.2) is 0 Å². The predicted molar refractivity (Wildman–Crippen MR) is 70.8 cm³/mol. The zero-order valence-electron chi connectivity index (χ0n) is 10.9. The number of benzene rings is 1. The summed E-state index contributed by atoms with van der Waals surface area (Å²) in [7, 11) is 1.63. The largest absolute Gasteiger partial charge is 0.497 e. The van der Waals surface area contributed by atoms with Crippen LogP contribution in [-0.2, 0) is 16.0 Å². The molecule has 1 aromatic rings. The lowest BCUT2D eigenvalue weighted by Gasteiger charge is -2.09. The van der Waals surface area contributed by atoms with Gasteiger partial charge in [0.05, 0.1) is 13.0 Å². The van der Waals surface area contributed by atoms with Crippen LogP contribution in [0.4, 0.5) is 0 Å². The van der Waals surface area contributed by atoms with E-state index in [1.165, 1.54) is 0 Å². The second kappa shape index (κ2) is 6.22. The lowest BCUT2D eigenvalue weighted by atomic mass is 10.1. The summed E-state index contributed by atoms with van der Waals surface area (Å²) in [4.78, 5) is 22.8. The summed E-state index contributed by atoms with van der Waals surface area (Å²) in [6.07, 6.45) is 1.07. The van der Waals surface area contributed by atoms with Crippen LogP contribution in [0.2, 0.25) is 0 Å². The topological polar surface area (TPSA) is 67.4 Å². The Bertz CT molecular complexity index is 456. The second-order valence-corrected chi connectivity index (χ2v) is 4.59. The third-order valence-corrected chi connectivity index (χ3v) is 3.22. The third-order valence-electron chi connectivity index (χ3n) is 3.22. The summed E-state index contributed by atoms with van der Waals surface area (Å²) in [5.74, 6) is 0.508. The van der Waals surface area contributed by atoms with Gasteiger partial charge in [0.15, 0.2) is 0 Å². The Morgan fingerprint density at radius 3 is 2.74 bits per heavy atom. The van der Waals surface area contributed by atoms with Crippen molar-refractivity contribution in [3.8, 4) is 5.75 Å². The fourth-order valence-corrected chi connectivity index (χ4v) is 2.06. The van der Waals surface area contributed by atoms with Crippen molar-refractivity contribution in [1.29, 1.82) is 0 Å². The quantitative estimate of drug-likeness (QED) is 0.811. The summed E-state index contributed by atoms with van der Waals surface area (Å²) in [6, 6.07) is 7.75. The molecule has 1 fully saturated rings. The van der Waals surface area contributed by atoms with Gasteiger partial charge in [0.25, 0.3) is 0 Å². The molecule has 2 amide bonds. The zero-order valence-corrected chi connectivity index (χ0v) is 10.9. The number of hydrogen-bond acceptors (Lipinski definition) is 3. The summed E-state index contributed by atoms with van der Waals surface area (Å²) < 4.78 is 5.08. The predicted octanol–water partition coefficient (Wildman–Crippen LogP) is 0.490. The summed E-state index contributed by atoms with van der Waals surface area (Å²) >= 11 is 0. The van der Waals surface area contributed by atoms with Gasteiger partial charge in [0.2, 0.25) is 11.8 Å². The van der Waals surface area contributed by atoms with Crippen LogP contribution in [0.1, 0.15) is 12.0 Å². The van der Waals surface area contributed by atoms with Crippen LogP contribution in [0.5, 0.6) is 5.75 Å². The molecule has 1 aromatic carbocycles. The lowest BCUT2D eigenvalue weighted by molar-refractivity contribution is -0.126. The highest BCUT2D eigenvalue weighted by atomic mass is 16.5. The molecule has 2 N–H and O–H groups in total. The molecule has 0 saturated carbocycles. The molecule has 1 atom stereocenters. The molecular formula is C14H18N2O3. The average Bonchev–Trinajstić information content (AvgIpc) is 2.86. The summed E-state index contributed by atoms with van der Waals surface area (Å²) in [6.45, 7) is 1.03. The molecule has 0 spiro atoms.